The van der Waals surface area contributed by atoms with Crippen LogP contribution in [-0.4, -0.2) is 27.0 Å². The average Bonchev–Trinajstić information content (AvgIpc) is 3.16. The Bertz CT molecular complexity index is 722. The first-order chi connectivity index (χ1) is 11.8. The van der Waals surface area contributed by atoms with E-state index >= 15 is 0 Å². The van der Waals surface area contributed by atoms with Gasteiger partial charge in [0.1, 0.15) is 5.41 Å². The Morgan fingerprint density at radius 1 is 1.31 bits per heavy atom. The van der Waals surface area contributed by atoms with E-state index in [2.05, 4.69) is 75.2 Å². The topological polar surface area (TPSA) is 35.5 Å². The molecule has 144 valence electrons. The average molecular weight is 486 g/mol. The molecule has 1 fully saturated rings. The summed E-state index contributed by atoms with van der Waals surface area (Å²) >= 11 is 2.33. The quantitative estimate of drug-likeness (QED) is 0.223. The molecule has 5 heteroatoms. The highest BCUT2D eigenvalue weighted by molar-refractivity contribution is 14.1. The SMILES string of the molecule is C=C(C)[C@]1(O[Si](C)(C)C(C)(C)C)C[C@]1(Cc1ccccc1I)C(=O)OC. The number of rotatable bonds is 6. The highest BCUT2D eigenvalue weighted by atomic mass is 127. The Labute approximate surface area is 172 Å². The molecule has 0 N–H and O–H groups in total. The van der Waals surface area contributed by atoms with Crippen LogP contribution in [-0.2, 0) is 20.4 Å². The summed E-state index contributed by atoms with van der Waals surface area (Å²) in [6.45, 7) is 17.3. The van der Waals surface area contributed by atoms with E-state index < -0.39 is 19.3 Å². The molecule has 2 atom stereocenters. The summed E-state index contributed by atoms with van der Waals surface area (Å²) in [5.74, 6) is -0.195. The molecule has 0 unspecified atom stereocenters. The van der Waals surface area contributed by atoms with E-state index in [4.69, 9.17) is 9.16 Å². The van der Waals surface area contributed by atoms with Crippen LogP contribution in [0.15, 0.2) is 36.4 Å². The van der Waals surface area contributed by atoms with Crippen molar-refractivity contribution in [1.82, 2.24) is 0 Å². The molecule has 0 aromatic heterocycles. The summed E-state index contributed by atoms with van der Waals surface area (Å²) in [6, 6.07) is 8.18. The van der Waals surface area contributed by atoms with Gasteiger partial charge in [0.15, 0.2) is 8.32 Å². The molecule has 1 saturated carbocycles. The molecule has 0 saturated heterocycles. The number of carbonyl (C=O) groups is 1. The molecule has 1 aliphatic carbocycles. The van der Waals surface area contributed by atoms with Crippen molar-refractivity contribution in [3.63, 3.8) is 0 Å². The Balaban J connectivity index is 2.49. The van der Waals surface area contributed by atoms with E-state index in [1.807, 2.05) is 19.1 Å². The molecule has 0 spiro atoms. The van der Waals surface area contributed by atoms with Crippen LogP contribution in [0.4, 0.5) is 0 Å². The fourth-order valence-corrected chi connectivity index (χ4v) is 5.62. The van der Waals surface area contributed by atoms with Gasteiger partial charge < -0.3 is 9.16 Å². The molecule has 2 rings (SSSR count). The van der Waals surface area contributed by atoms with Crippen LogP contribution in [0, 0.1) is 8.99 Å². The zero-order valence-corrected chi connectivity index (χ0v) is 20.2. The van der Waals surface area contributed by atoms with Crippen molar-refractivity contribution < 1.29 is 14.0 Å². The highest BCUT2D eigenvalue weighted by Gasteiger charge is 2.75. The second-order valence-corrected chi connectivity index (χ2v) is 14.9. The van der Waals surface area contributed by atoms with E-state index in [0.29, 0.717) is 12.8 Å². The van der Waals surface area contributed by atoms with Crippen molar-refractivity contribution in [2.45, 2.75) is 64.3 Å². The first-order valence-electron chi connectivity index (χ1n) is 9.01. The standard InChI is InChI=1S/C21H31IO3Si/c1-15(2)21(25-26(7,8)19(3,4)5)14-20(21,18(23)24-6)13-16-11-9-10-12-17(16)22/h9-12H,1,13-14H2,2-8H3/t20-,21-/m1/s1. The number of halogens is 1. The lowest BCUT2D eigenvalue weighted by molar-refractivity contribution is -0.149. The first-order valence-corrected chi connectivity index (χ1v) is 13.0. The van der Waals surface area contributed by atoms with Crippen LogP contribution in [0.2, 0.25) is 18.1 Å². The number of ether oxygens (including phenoxy) is 1. The Morgan fingerprint density at radius 2 is 1.88 bits per heavy atom. The van der Waals surface area contributed by atoms with Crippen molar-refractivity contribution in [3.05, 3.63) is 45.6 Å². The van der Waals surface area contributed by atoms with Gasteiger partial charge in [-0.1, -0.05) is 45.5 Å². The third kappa shape index (κ3) is 3.54. The van der Waals surface area contributed by atoms with Gasteiger partial charge in [-0.25, -0.2) is 0 Å². The molecular formula is C21H31IO3Si. The minimum Gasteiger partial charge on any atom is -0.468 e. The number of hydrogen-bond acceptors (Lipinski definition) is 3. The summed E-state index contributed by atoms with van der Waals surface area (Å²) in [5.41, 5.74) is 0.742. The van der Waals surface area contributed by atoms with Gasteiger partial charge in [-0.3, -0.25) is 4.79 Å². The van der Waals surface area contributed by atoms with Crippen LogP contribution < -0.4 is 0 Å². The maximum atomic E-state index is 12.9. The maximum absolute atomic E-state index is 12.9. The minimum atomic E-state index is -2.09. The zero-order valence-electron chi connectivity index (χ0n) is 17.0. The molecule has 0 bridgehead atoms. The number of carbonyl (C=O) groups excluding carboxylic acids is 1. The molecule has 1 aromatic carbocycles. The number of methoxy groups -OCH3 is 1. The lowest BCUT2D eigenvalue weighted by atomic mass is 9.90. The van der Waals surface area contributed by atoms with Gasteiger partial charge in [0.05, 0.1) is 12.7 Å². The van der Waals surface area contributed by atoms with Crippen LogP contribution in [0.3, 0.4) is 0 Å². The monoisotopic (exact) mass is 486 g/mol. The van der Waals surface area contributed by atoms with Crippen LogP contribution in [0.5, 0.6) is 0 Å². The molecule has 0 radical (unpaired) electrons. The van der Waals surface area contributed by atoms with Gasteiger partial charge in [0.25, 0.3) is 0 Å². The number of esters is 1. The molecule has 0 amide bonds. The van der Waals surface area contributed by atoms with Crippen molar-refractivity contribution in [2.75, 3.05) is 7.11 Å². The van der Waals surface area contributed by atoms with Gasteiger partial charge in [-0.05, 0) is 77.7 Å². The van der Waals surface area contributed by atoms with Gasteiger partial charge in [-0.2, -0.15) is 0 Å². The summed E-state index contributed by atoms with van der Waals surface area (Å²) in [5, 5.41) is 0.0566. The summed E-state index contributed by atoms with van der Waals surface area (Å²) in [4.78, 5) is 12.9. The highest BCUT2D eigenvalue weighted by Crippen LogP contribution is 2.66. The van der Waals surface area contributed by atoms with Crippen molar-refractivity contribution >= 4 is 36.9 Å². The Kier molecular flexibility index (Phi) is 5.87. The van der Waals surface area contributed by atoms with Gasteiger partial charge in [-0.15, -0.1) is 0 Å². The first kappa shape index (κ1) is 21.6. The smallest absolute Gasteiger partial charge is 0.315 e. The fraction of sp³-hybridized carbons (Fsp3) is 0.571. The molecule has 0 aliphatic heterocycles. The van der Waals surface area contributed by atoms with Crippen molar-refractivity contribution in [3.8, 4) is 0 Å². The lowest BCUT2D eigenvalue weighted by Crippen LogP contribution is -2.48. The largest absolute Gasteiger partial charge is 0.468 e. The van der Waals surface area contributed by atoms with Gasteiger partial charge in [0.2, 0.25) is 0 Å². The summed E-state index contributed by atoms with van der Waals surface area (Å²) in [7, 11) is -0.623. The molecule has 26 heavy (non-hydrogen) atoms. The van der Waals surface area contributed by atoms with Crippen LogP contribution in [0.1, 0.15) is 39.7 Å². The van der Waals surface area contributed by atoms with E-state index in [1.54, 1.807) is 0 Å². The van der Waals surface area contributed by atoms with Crippen LogP contribution in [0.25, 0.3) is 0 Å². The Morgan fingerprint density at radius 3 is 2.35 bits per heavy atom. The van der Waals surface area contributed by atoms with E-state index in [-0.39, 0.29) is 11.0 Å². The van der Waals surface area contributed by atoms with E-state index in [0.717, 1.165) is 14.7 Å². The number of hydrogen-bond donors (Lipinski definition) is 0. The van der Waals surface area contributed by atoms with Crippen LogP contribution >= 0.6 is 22.6 Å². The Hall–Kier alpha value is -0.663. The van der Waals surface area contributed by atoms with Crippen molar-refractivity contribution in [1.29, 1.82) is 0 Å². The predicted octanol–water partition coefficient (Wildman–Crippen LogP) is 5.73. The molecule has 1 aliphatic rings. The second-order valence-electron chi connectivity index (χ2n) is 8.99. The zero-order chi connectivity index (χ0) is 20.0. The van der Waals surface area contributed by atoms with Gasteiger partial charge in [0, 0.05) is 3.57 Å². The number of benzene rings is 1. The maximum Gasteiger partial charge on any atom is 0.315 e. The minimum absolute atomic E-state index is 0.0566. The molecule has 3 nitrogen and oxygen atoms in total. The van der Waals surface area contributed by atoms with E-state index in [1.165, 1.54) is 7.11 Å². The second kappa shape index (κ2) is 7.06. The normalized spacial score (nSPS) is 25.7. The van der Waals surface area contributed by atoms with E-state index in [9.17, 15) is 4.79 Å². The third-order valence-electron chi connectivity index (χ3n) is 6.15. The molecular weight excluding hydrogens is 455 g/mol. The fourth-order valence-electron chi connectivity index (χ4n) is 3.43. The summed E-state index contributed by atoms with van der Waals surface area (Å²) < 4.78 is 13.3. The molecule has 0 heterocycles. The lowest BCUT2D eigenvalue weighted by Gasteiger charge is -2.41. The van der Waals surface area contributed by atoms with Gasteiger partial charge >= 0.3 is 5.97 Å². The summed E-state index contributed by atoms with van der Waals surface area (Å²) in [6.07, 6.45) is 1.25. The third-order valence-corrected chi connectivity index (χ3v) is 11.7. The molecule has 1 aromatic rings. The predicted molar refractivity (Wildman–Crippen MR) is 118 cm³/mol. The van der Waals surface area contributed by atoms with Crippen molar-refractivity contribution in [2.24, 2.45) is 5.41 Å².